The average Bonchev–Trinajstić information content (AvgIpc) is 2.86. The normalized spacial score (nSPS) is 10.6. The Morgan fingerprint density at radius 2 is 2.43 bits per heavy atom. The van der Waals surface area contributed by atoms with Crippen molar-refractivity contribution in [3.05, 3.63) is 39.0 Å². The van der Waals surface area contributed by atoms with Crippen LogP contribution in [0.25, 0.3) is 0 Å². The lowest BCUT2D eigenvalue weighted by molar-refractivity contribution is 0.681. The van der Waals surface area contributed by atoms with Crippen LogP contribution in [0.3, 0.4) is 0 Å². The van der Waals surface area contributed by atoms with Crippen LogP contribution in [0.15, 0.2) is 28.4 Å². The van der Waals surface area contributed by atoms with E-state index in [1.807, 2.05) is 16.8 Å². The van der Waals surface area contributed by atoms with Crippen LogP contribution in [0.1, 0.15) is 10.6 Å². The van der Waals surface area contributed by atoms with Crippen molar-refractivity contribution >= 4 is 22.7 Å². The summed E-state index contributed by atoms with van der Waals surface area (Å²) >= 11 is 3.46. The van der Waals surface area contributed by atoms with E-state index in [1.165, 1.54) is 4.88 Å². The largest absolute Gasteiger partial charge is 0.311 e. The molecule has 2 aromatic heterocycles. The second kappa shape index (κ2) is 5.24. The van der Waals surface area contributed by atoms with E-state index in [2.05, 4.69) is 33.2 Å². The minimum atomic E-state index is 0.884. The molecule has 74 valence electrons. The van der Waals surface area contributed by atoms with E-state index in [1.54, 1.807) is 11.3 Å². The minimum absolute atomic E-state index is 0.884. The number of rotatable bonds is 5. The Labute approximate surface area is 91.6 Å². The number of hydrogen-bond donors (Lipinski definition) is 1. The molecule has 2 aromatic rings. The van der Waals surface area contributed by atoms with Gasteiger partial charge in [0.1, 0.15) is 0 Å². The smallest absolute Gasteiger partial charge is 0.0795 e. The summed E-state index contributed by atoms with van der Waals surface area (Å²) in [4.78, 5) is 5.65. The Hall–Kier alpha value is -0.710. The Morgan fingerprint density at radius 3 is 3.14 bits per heavy atom. The predicted octanol–water partition coefficient (Wildman–Crippen LogP) is 2.54. The molecule has 0 radical (unpaired) electrons. The molecule has 0 aromatic carbocycles. The molecule has 4 heteroatoms. The molecular weight excluding hydrogens is 212 g/mol. The minimum Gasteiger partial charge on any atom is -0.311 e. The van der Waals surface area contributed by atoms with Gasteiger partial charge in [0.15, 0.2) is 0 Å². The summed E-state index contributed by atoms with van der Waals surface area (Å²) < 4.78 is 0. The topological polar surface area (TPSA) is 24.9 Å². The highest BCUT2D eigenvalue weighted by atomic mass is 32.1. The lowest BCUT2D eigenvalue weighted by atomic mass is 10.3. The van der Waals surface area contributed by atoms with Crippen molar-refractivity contribution in [3.63, 3.8) is 0 Å². The third-order valence-electron chi connectivity index (χ3n) is 1.92. The van der Waals surface area contributed by atoms with Crippen molar-refractivity contribution in [2.24, 2.45) is 0 Å². The quantitative estimate of drug-likeness (QED) is 0.789. The van der Waals surface area contributed by atoms with E-state index >= 15 is 0 Å². The summed E-state index contributed by atoms with van der Waals surface area (Å²) in [5.41, 5.74) is 3.01. The third kappa shape index (κ3) is 2.90. The lowest BCUT2D eigenvalue weighted by Gasteiger charge is -2.00. The van der Waals surface area contributed by atoms with Crippen LogP contribution in [0.4, 0.5) is 0 Å². The van der Waals surface area contributed by atoms with Gasteiger partial charge in [0.2, 0.25) is 0 Å². The van der Waals surface area contributed by atoms with Crippen molar-refractivity contribution in [1.82, 2.24) is 10.3 Å². The summed E-state index contributed by atoms with van der Waals surface area (Å²) in [6.07, 6.45) is 1.11. The van der Waals surface area contributed by atoms with Gasteiger partial charge >= 0.3 is 0 Å². The molecule has 0 aliphatic heterocycles. The number of nitrogens with one attached hydrogen (secondary N) is 1. The average molecular weight is 224 g/mol. The highest BCUT2D eigenvalue weighted by Crippen LogP contribution is 2.08. The molecule has 14 heavy (non-hydrogen) atoms. The van der Waals surface area contributed by atoms with E-state index in [9.17, 15) is 0 Å². The van der Waals surface area contributed by atoms with Gasteiger partial charge < -0.3 is 5.32 Å². The maximum Gasteiger partial charge on any atom is 0.0795 e. The van der Waals surface area contributed by atoms with Gasteiger partial charge in [-0.1, -0.05) is 6.07 Å². The number of nitrogens with zero attached hydrogens (tertiary/aromatic N) is 1. The number of aromatic nitrogens is 1. The Morgan fingerprint density at radius 1 is 1.43 bits per heavy atom. The zero-order valence-corrected chi connectivity index (χ0v) is 9.40. The van der Waals surface area contributed by atoms with Gasteiger partial charge in [0.25, 0.3) is 0 Å². The fourth-order valence-electron chi connectivity index (χ4n) is 1.21. The van der Waals surface area contributed by atoms with Gasteiger partial charge in [-0.3, -0.25) is 0 Å². The van der Waals surface area contributed by atoms with E-state index in [0.29, 0.717) is 0 Å². The van der Waals surface area contributed by atoms with Gasteiger partial charge in [-0.15, -0.1) is 22.7 Å². The third-order valence-corrected chi connectivity index (χ3v) is 3.49. The molecule has 0 unspecified atom stereocenters. The molecule has 0 saturated carbocycles. The maximum atomic E-state index is 4.21. The summed E-state index contributed by atoms with van der Waals surface area (Å²) in [6.45, 7) is 1.91. The molecule has 1 N–H and O–H groups in total. The van der Waals surface area contributed by atoms with Gasteiger partial charge in [0, 0.05) is 23.3 Å². The highest BCUT2D eigenvalue weighted by molar-refractivity contribution is 7.09. The second-order valence-corrected chi connectivity index (χ2v) is 4.74. The van der Waals surface area contributed by atoms with Gasteiger partial charge in [0.05, 0.1) is 11.2 Å². The second-order valence-electron chi connectivity index (χ2n) is 2.99. The summed E-state index contributed by atoms with van der Waals surface area (Å²) in [5, 5.41) is 7.58. The fourth-order valence-corrected chi connectivity index (χ4v) is 2.48. The van der Waals surface area contributed by atoms with Crippen molar-refractivity contribution in [1.29, 1.82) is 0 Å². The zero-order chi connectivity index (χ0) is 9.64. The first kappa shape index (κ1) is 9.83. The molecule has 2 heterocycles. The van der Waals surface area contributed by atoms with E-state index < -0.39 is 0 Å². The summed E-state index contributed by atoms with van der Waals surface area (Å²) in [5.74, 6) is 0. The van der Waals surface area contributed by atoms with Gasteiger partial charge in [-0.05, 0) is 17.9 Å². The van der Waals surface area contributed by atoms with Crippen molar-refractivity contribution in [2.75, 3.05) is 6.54 Å². The molecule has 0 spiro atoms. The van der Waals surface area contributed by atoms with Crippen LogP contribution in [-0.4, -0.2) is 11.5 Å². The standard InChI is InChI=1S/C10H12N2S2/c1-2-10(14-5-1)3-4-11-6-9-7-13-8-12-9/h1-2,5,7-8,11H,3-4,6H2. The van der Waals surface area contributed by atoms with E-state index in [4.69, 9.17) is 0 Å². The van der Waals surface area contributed by atoms with Gasteiger partial charge in [-0.25, -0.2) is 4.98 Å². The summed E-state index contributed by atoms with van der Waals surface area (Å²) in [6, 6.07) is 4.27. The Balaban J connectivity index is 1.65. The van der Waals surface area contributed by atoms with Crippen LogP contribution >= 0.6 is 22.7 Å². The van der Waals surface area contributed by atoms with Crippen LogP contribution in [-0.2, 0) is 13.0 Å². The zero-order valence-electron chi connectivity index (χ0n) is 7.77. The van der Waals surface area contributed by atoms with Crippen LogP contribution in [0.2, 0.25) is 0 Å². The highest BCUT2D eigenvalue weighted by Gasteiger charge is 1.95. The van der Waals surface area contributed by atoms with Crippen molar-refractivity contribution < 1.29 is 0 Å². The Kier molecular flexibility index (Phi) is 3.68. The lowest BCUT2D eigenvalue weighted by Crippen LogP contribution is -2.16. The first-order valence-electron chi connectivity index (χ1n) is 4.55. The van der Waals surface area contributed by atoms with Crippen LogP contribution in [0.5, 0.6) is 0 Å². The number of hydrogen-bond acceptors (Lipinski definition) is 4. The maximum absolute atomic E-state index is 4.21. The molecule has 0 amide bonds. The molecule has 0 bridgehead atoms. The van der Waals surface area contributed by atoms with Crippen LogP contribution in [0, 0.1) is 0 Å². The first-order valence-corrected chi connectivity index (χ1v) is 6.37. The van der Waals surface area contributed by atoms with Gasteiger partial charge in [-0.2, -0.15) is 0 Å². The fraction of sp³-hybridized carbons (Fsp3) is 0.300. The monoisotopic (exact) mass is 224 g/mol. The van der Waals surface area contributed by atoms with E-state index in [0.717, 1.165) is 25.2 Å². The number of thiazole rings is 1. The predicted molar refractivity (Wildman–Crippen MR) is 61.8 cm³/mol. The molecule has 0 saturated heterocycles. The molecule has 0 atom stereocenters. The number of thiophene rings is 1. The molecule has 2 rings (SSSR count). The molecule has 0 aliphatic carbocycles. The molecule has 0 fully saturated rings. The van der Waals surface area contributed by atoms with Crippen LogP contribution < -0.4 is 5.32 Å². The summed E-state index contributed by atoms with van der Waals surface area (Å²) in [7, 11) is 0. The van der Waals surface area contributed by atoms with Crippen molar-refractivity contribution in [2.45, 2.75) is 13.0 Å². The Bertz CT molecular complexity index is 304. The first-order chi connectivity index (χ1) is 6.95. The SMILES string of the molecule is c1csc(CCNCc2cscn2)c1. The van der Waals surface area contributed by atoms with Crippen molar-refractivity contribution in [3.8, 4) is 0 Å². The molecular formula is C10H12N2S2. The molecule has 2 nitrogen and oxygen atoms in total. The van der Waals surface area contributed by atoms with E-state index in [-0.39, 0.29) is 0 Å². The molecule has 0 aliphatic rings.